The number of fused-ring (bicyclic) bond motifs is 1. The fourth-order valence-corrected chi connectivity index (χ4v) is 4.90. The van der Waals surface area contributed by atoms with Gasteiger partial charge in [-0.2, -0.15) is 4.31 Å². The molecule has 2 aromatic rings. The minimum Gasteiger partial charge on any atom is -0.322 e. The second-order valence-electron chi connectivity index (χ2n) is 6.76. The van der Waals surface area contributed by atoms with Gasteiger partial charge in [-0.3, -0.25) is 14.9 Å². The lowest BCUT2D eigenvalue weighted by Crippen LogP contribution is -2.37. The van der Waals surface area contributed by atoms with Crippen LogP contribution in [-0.4, -0.2) is 35.9 Å². The third-order valence-corrected chi connectivity index (χ3v) is 7.04. The maximum absolute atomic E-state index is 12.5. The first-order valence-electron chi connectivity index (χ1n) is 9.06. The minimum atomic E-state index is -3.30. The van der Waals surface area contributed by atoms with Gasteiger partial charge in [0.2, 0.25) is 10.0 Å². The van der Waals surface area contributed by atoms with Crippen molar-refractivity contribution in [1.82, 2.24) is 4.31 Å². The van der Waals surface area contributed by atoms with Crippen LogP contribution in [0.15, 0.2) is 36.4 Å². The Morgan fingerprint density at radius 2 is 2.00 bits per heavy atom. The maximum atomic E-state index is 12.5. The number of nitrogens with one attached hydrogen (secondary N) is 1. The molecule has 1 N–H and O–H groups in total. The van der Waals surface area contributed by atoms with Crippen LogP contribution in [-0.2, 0) is 23.0 Å². The molecule has 0 unspecified atom stereocenters. The van der Waals surface area contributed by atoms with Crippen molar-refractivity contribution in [2.45, 2.75) is 26.3 Å². The number of nitrogens with zero attached hydrogens (tertiary/aromatic N) is 2. The zero-order valence-corrected chi connectivity index (χ0v) is 17.3. The molecule has 1 amide bonds. The summed E-state index contributed by atoms with van der Waals surface area (Å²) < 4.78 is 26.2. The minimum absolute atomic E-state index is 0.0475. The first-order valence-corrected chi connectivity index (χ1v) is 11.0. The molecule has 3 rings (SSSR count). The van der Waals surface area contributed by atoms with Gasteiger partial charge in [-0.05, 0) is 48.2 Å². The molecular weight excluding hydrogens is 418 g/mol. The molecule has 10 heteroatoms. The van der Waals surface area contributed by atoms with Crippen molar-refractivity contribution in [3.8, 4) is 0 Å². The SMILES string of the molecule is CCCS(=O)(=O)N1CCc2ccc(NC(=O)c3ccc(Cl)c([N+](=O)[O-])c3)cc2C1. The molecule has 29 heavy (non-hydrogen) atoms. The zero-order valence-electron chi connectivity index (χ0n) is 15.7. The highest BCUT2D eigenvalue weighted by molar-refractivity contribution is 7.89. The summed E-state index contributed by atoms with van der Waals surface area (Å²) in [5, 5.41) is 13.7. The van der Waals surface area contributed by atoms with Gasteiger partial charge >= 0.3 is 0 Å². The summed E-state index contributed by atoms with van der Waals surface area (Å²) in [4.78, 5) is 22.9. The van der Waals surface area contributed by atoms with E-state index in [9.17, 15) is 23.3 Å². The fourth-order valence-electron chi connectivity index (χ4n) is 3.23. The Kier molecular flexibility index (Phi) is 6.21. The highest BCUT2D eigenvalue weighted by Crippen LogP contribution is 2.27. The van der Waals surface area contributed by atoms with E-state index in [-0.39, 0.29) is 28.6 Å². The summed E-state index contributed by atoms with van der Waals surface area (Å²) in [6.07, 6.45) is 1.16. The van der Waals surface area contributed by atoms with Crippen molar-refractivity contribution in [1.29, 1.82) is 0 Å². The predicted octanol–water partition coefficient (Wildman–Crippen LogP) is 3.60. The Labute approximate surface area is 173 Å². The second-order valence-corrected chi connectivity index (χ2v) is 9.26. The average Bonchev–Trinajstić information content (AvgIpc) is 2.67. The van der Waals surface area contributed by atoms with Crippen molar-refractivity contribution < 1.29 is 18.1 Å². The molecule has 154 valence electrons. The molecule has 2 aromatic carbocycles. The van der Waals surface area contributed by atoms with Gasteiger partial charge in [0, 0.05) is 30.4 Å². The molecule has 0 bridgehead atoms. The fraction of sp³-hybridized carbons (Fsp3) is 0.316. The van der Waals surface area contributed by atoms with Gasteiger partial charge < -0.3 is 5.32 Å². The number of anilines is 1. The van der Waals surface area contributed by atoms with Gasteiger partial charge in [0.25, 0.3) is 11.6 Å². The summed E-state index contributed by atoms with van der Waals surface area (Å²) in [6, 6.07) is 9.16. The Morgan fingerprint density at radius 1 is 1.24 bits per heavy atom. The third kappa shape index (κ3) is 4.75. The lowest BCUT2D eigenvalue weighted by molar-refractivity contribution is -0.384. The van der Waals surface area contributed by atoms with Gasteiger partial charge in [-0.1, -0.05) is 24.6 Å². The predicted molar refractivity (Wildman–Crippen MR) is 111 cm³/mol. The van der Waals surface area contributed by atoms with Crippen LogP contribution in [0.5, 0.6) is 0 Å². The Hall–Kier alpha value is -2.49. The molecule has 1 aliphatic heterocycles. The van der Waals surface area contributed by atoms with Crippen molar-refractivity contribution >= 4 is 38.9 Å². The molecule has 0 aliphatic carbocycles. The van der Waals surface area contributed by atoms with E-state index in [0.717, 1.165) is 17.2 Å². The van der Waals surface area contributed by atoms with E-state index in [2.05, 4.69) is 5.32 Å². The number of benzene rings is 2. The van der Waals surface area contributed by atoms with Crippen molar-refractivity contribution in [3.05, 3.63) is 68.2 Å². The number of sulfonamides is 1. The van der Waals surface area contributed by atoms with Crippen molar-refractivity contribution in [2.75, 3.05) is 17.6 Å². The second kappa shape index (κ2) is 8.48. The Balaban J connectivity index is 1.79. The molecule has 0 saturated carbocycles. The van der Waals surface area contributed by atoms with E-state index < -0.39 is 20.9 Å². The number of nitro groups is 1. The topological polar surface area (TPSA) is 110 Å². The van der Waals surface area contributed by atoms with Crippen LogP contribution in [0.1, 0.15) is 34.8 Å². The van der Waals surface area contributed by atoms with Crippen molar-refractivity contribution in [3.63, 3.8) is 0 Å². The molecule has 0 spiro atoms. The molecule has 0 atom stereocenters. The highest BCUT2D eigenvalue weighted by atomic mass is 35.5. The molecule has 0 saturated heterocycles. The molecule has 0 fully saturated rings. The van der Waals surface area contributed by atoms with Crippen LogP contribution in [0.3, 0.4) is 0 Å². The number of carbonyl (C=O) groups is 1. The lowest BCUT2D eigenvalue weighted by Gasteiger charge is -2.28. The van der Waals surface area contributed by atoms with E-state index in [1.54, 1.807) is 12.1 Å². The smallest absolute Gasteiger partial charge is 0.288 e. The number of halogens is 1. The number of carbonyl (C=O) groups excluding carboxylic acids is 1. The van der Waals surface area contributed by atoms with Crippen molar-refractivity contribution in [2.24, 2.45) is 0 Å². The Bertz CT molecular complexity index is 1070. The number of hydrogen-bond acceptors (Lipinski definition) is 5. The van der Waals surface area contributed by atoms with Crippen LogP contribution in [0.2, 0.25) is 5.02 Å². The van der Waals surface area contributed by atoms with E-state index >= 15 is 0 Å². The number of rotatable bonds is 6. The molecule has 0 radical (unpaired) electrons. The summed E-state index contributed by atoms with van der Waals surface area (Å²) in [5.74, 6) is -0.412. The van der Waals surface area contributed by atoms with Crippen LogP contribution in [0.25, 0.3) is 0 Å². The first-order chi connectivity index (χ1) is 13.7. The molecule has 1 heterocycles. The largest absolute Gasteiger partial charge is 0.322 e. The lowest BCUT2D eigenvalue weighted by atomic mass is 10.0. The van der Waals surface area contributed by atoms with Crippen LogP contribution >= 0.6 is 11.6 Å². The van der Waals surface area contributed by atoms with Gasteiger partial charge in [-0.25, -0.2) is 8.42 Å². The van der Waals surface area contributed by atoms with Crippen LogP contribution < -0.4 is 5.32 Å². The van der Waals surface area contributed by atoms with Gasteiger partial charge in [0.15, 0.2) is 0 Å². The monoisotopic (exact) mass is 437 g/mol. The summed E-state index contributed by atoms with van der Waals surface area (Å²) in [5.41, 5.74) is 2.11. The van der Waals surface area contributed by atoms with E-state index in [1.165, 1.54) is 16.4 Å². The van der Waals surface area contributed by atoms with Gasteiger partial charge in [0.05, 0.1) is 10.7 Å². The van der Waals surface area contributed by atoms with Gasteiger partial charge in [-0.15, -0.1) is 0 Å². The highest BCUT2D eigenvalue weighted by Gasteiger charge is 2.26. The summed E-state index contributed by atoms with van der Waals surface area (Å²) in [7, 11) is -3.30. The number of nitro benzene ring substituents is 1. The van der Waals surface area contributed by atoms with E-state index in [0.29, 0.717) is 25.1 Å². The van der Waals surface area contributed by atoms with Crippen LogP contribution in [0, 0.1) is 10.1 Å². The average molecular weight is 438 g/mol. The zero-order chi connectivity index (χ0) is 21.2. The normalized spacial score (nSPS) is 14.3. The van der Waals surface area contributed by atoms with E-state index in [1.807, 2.05) is 13.0 Å². The maximum Gasteiger partial charge on any atom is 0.288 e. The van der Waals surface area contributed by atoms with E-state index in [4.69, 9.17) is 11.6 Å². The molecule has 8 nitrogen and oxygen atoms in total. The Morgan fingerprint density at radius 3 is 2.69 bits per heavy atom. The molecular formula is C19H20ClN3O5S. The summed E-state index contributed by atoms with van der Waals surface area (Å²) >= 11 is 5.78. The van der Waals surface area contributed by atoms with Crippen LogP contribution in [0.4, 0.5) is 11.4 Å². The quantitative estimate of drug-likeness (QED) is 0.548. The number of amides is 1. The van der Waals surface area contributed by atoms with Gasteiger partial charge in [0.1, 0.15) is 5.02 Å². The number of hydrogen-bond donors (Lipinski definition) is 1. The molecule has 0 aromatic heterocycles. The summed E-state index contributed by atoms with van der Waals surface area (Å²) in [6.45, 7) is 2.52. The third-order valence-electron chi connectivity index (χ3n) is 4.70. The molecule has 1 aliphatic rings. The standard InChI is InChI=1S/C19H20ClN3O5S/c1-2-9-29(27,28)22-8-7-13-3-5-16(10-15(13)12-22)21-19(24)14-4-6-17(20)18(11-14)23(25)26/h3-6,10-11H,2,7-9,12H2,1H3,(H,21,24). The first kappa shape index (κ1) is 21.2.